The largest absolute Gasteiger partial charge is 0.491 e. The number of nitrogens with one attached hydrogen (secondary N) is 3. The van der Waals surface area contributed by atoms with Gasteiger partial charge in [0.2, 0.25) is 11.8 Å². The first-order valence-electron chi connectivity index (χ1n) is 12.3. The van der Waals surface area contributed by atoms with Gasteiger partial charge in [0.05, 0.1) is 17.9 Å². The molecular formula is C28H35FN4O4. The van der Waals surface area contributed by atoms with E-state index in [0.717, 1.165) is 0 Å². The van der Waals surface area contributed by atoms with Crippen LogP contribution in [0, 0.1) is 17.2 Å². The fourth-order valence-electron chi connectivity index (χ4n) is 3.71. The molecule has 0 heterocycles. The number of hydrogen-bond acceptors (Lipinski definition) is 6. The number of carbonyl (C=O) groups is 2. The van der Waals surface area contributed by atoms with E-state index >= 15 is 4.39 Å². The molecular weight excluding hydrogens is 475 g/mol. The van der Waals surface area contributed by atoms with Crippen LogP contribution in [0.4, 0.5) is 21.5 Å². The van der Waals surface area contributed by atoms with Crippen LogP contribution in [-0.4, -0.2) is 44.9 Å². The van der Waals surface area contributed by atoms with E-state index < -0.39 is 11.2 Å². The highest BCUT2D eigenvalue weighted by molar-refractivity contribution is 6.13. The number of ether oxygens (including phenoxy) is 2. The lowest BCUT2D eigenvalue weighted by atomic mass is 10.0. The number of methoxy groups -OCH3 is 1. The summed E-state index contributed by atoms with van der Waals surface area (Å²) in [4.78, 5) is 29.6. The third kappa shape index (κ3) is 7.16. The molecule has 198 valence electrons. The summed E-state index contributed by atoms with van der Waals surface area (Å²) in [6, 6.07) is 9.83. The number of nitrogens with zero attached hydrogens (tertiary/aromatic N) is 1. The van der Waals surface area contributed by atoms with Gasteiger partial charge in [-0.1, -0.05) is 20.4 Å². The molecule has 0 unspecified atom stereocenters. The molecule has 0 aliphatic heterocycles. The molecule has 3 N–H and O–H groups in total. The summed E-state index contributed by atoms with van der Waals surface area (Å²) in [6.45, 7) is 10.9. The Balaban J connectivity index is 1.66. The number of anilines is 2. The van der Waals surface area contributed by atoms with E-state index in [0.29, 0.717) is 60.4 Å². The number of hydrogen-bond donors (Lipinski definition) is 3. The number of rotatable bonds is 13. The second-order valence-corrected chi connectivity index (χ2v) is 9.35. The minimum atomic E-state index is -0.993. The Morgan fingerprint density at radius 2 is 1.76 bits per heavy atom. The molecule has 0 bridgehead atoms. The summed E-state index contributed by atoms with van der Waals surface area (Å²) in [7, 11) is 1.56. The molecule has 9 heteroatoms. The van der Waals surface area contributed by atoms with Crippen molar-refractivity contribution < 1.29 is 23.5 Å². The zero-order chi connectivity index (χ0) is 27.0. The summed E-state index contributed by atoms with van der Waals surface area (Å²) in [6.07, 6.45) is 2.64. The highest BCUT2D eigenvalue weighted by atomic mass is 19.1. The Morgan fingerprint density at radius 1 is 1.11 bits per heavy atom. The molecule has 8 nitrogen and oxygen atoms in total. The lowest BCUT2D eigenvalue weighted by Crippen LogP contribution is -2.41. The van der Waals surface area contributed by atoms with Gasteiger partial charge in [-0.25, -0.2) is 4.39 Å². The first kappa shape index (κ1) is 27.9. The Hall–Kier alpha value is -3.72. The van der Waals surface area contributed by atoms with Crippen molar-refractivity contribution in [2.75, 3.05) is 37.5 Å². The van der Waals surface area contributed by atoms with Crippen LogP contribution in [0.15, 0.2) is 48.0 Å². The lowest BCUT2D eigenvalue weighted by molar-refractivity contribution is -0.134. The van der Waals surface area contributed by atoms with Crippen molar-refractivity contribution in [2.24, 2.45) is 16.3 Å². The van der Waals surface area contributed by atoms with Gasteiger partial charge < -0.3 is 25.4 Å². The van der Waals surface area contributed by atoms with Crippen LogP contribution in [0.2, 0.25) is 0 Å². The maximum atomic E-state index is 15.0. The average Bonchev–Trinajstić information content (AvgIpc) is 3.66. The molecule has 37 heavy (non-hydrogen) atoms. The molecule has 0 radical (unpaired) electrons. The van der Waals surface area contributed by atoms with Crippen molar-refractivity contribution in [1.82, 2.24) is 5.32 Å². The predicted octanol–water partition coefficient (Wildman–Crippen LogP) is 5.15. The maximum Gasteiger partial charge on any atom is 0.240 e. The Kier molecular flexibility index (Phi) is 9.41. The SMILES string of the molecule is C=C(Nc1ccc(NC(=O)C2(C(=O)NCC(C)C)CC2)cc1)c1c(F)cc(OCCOC)cc1N=CC. The quantitative estimate of drug-likeness (QED) is 0.197. The van der Waals surface area contributed by atoms with Crippen molar-refractivity contribution in [3.8, 4) is 5.75 Å². The standard InChI is InChI=1S/C28H35FN4O4/c1-6-30-24-16-22(37-14-13-36-5)15-23(29)25(24)19(4)32-20-7-9-21(10-8-20)33-27(35)28(11-12-28)26(34)31-17-18(2)3/h6-10,15-16,18,32H,4,11-14,17H2,1-3,5H3,(H,31,34)(H,33,35). The first-order valence-corrected chi connectivity index (χ1v) is 12.3. The van der Waals surface area contributed by atoms with Crippen molar-refractivity contribution in [3.05, 3.63) is 54.4 Å². The van der Waals surface area contributed by atoms with Crippen LogP contribution >= 0.6 is 0 Å². The van der Waals surface area contributed by atoms with E-state index in [-0.39, 0.29) is 24.0 Å². The molecule has 2 aromatic rings. The topological polar surface area (TPSA) is 101 Å². The molecule has 0 aromatic heterocycles. The number of amides is 2. The van der Waals surface area contributed by atoms with Crippen LogP contribution in [0.3, 0.4) is 0 Å². The number of benzene rings is 2. The first-order chi connectivity index (χ1) is 17.7. The maximum absolute atomic E-state index is 15.0. The van der Waals surface area contributed by atoms with Gasteiger partial charge in [0.15, 0.2) is 0 Å². The van der Waals surface area contributed by atoms with E-state index in [1.165, 1.54) is 6.07 Å². The van der Waals surface area contributed by atoms with E-state index in [4.69, 9.17) is 9.47 Å². The molecule has 0 spiro atoms. The molecule has 1 aliphatic rings. The minimum absolute atomic E-state index is 0.220. The summed E-state index contributed by atoms with van der Waals surface area (Å²) < 4.78 is 25.5. The normalized spacial score (nSPS) is 13.9. The summed E-state index contributed by atoms with van der Waals surface area (Å²) in [5.74, 6) is -0.407. The van der Waals surface area contributed by atoms with Crippen molar-refractivity contribution in [1.29, 1.82) is 0 Å². The van der Waals surface area contributed by atoms with Crippen LogP contribution in [-0.2, 0) is 14.3 Å². The molecule has 0 saturated heterocycles. The van der Waals surface area contributed by atoms with Crippen LogP contribution in [0.1, 0.15) is 39.2 Å². The summed E-state index contributed by atoms with van der Waals surface area (Å²) >= 11 is 0. The highest BCUT2D eigenvalue weighted by Crippen LogP contribution is 2.47. The third-order valence-electron chi connectivity index (χ3n) is 5.90. The molecule has 2 amide bonds. The van der Waals surface area contributed by atoms with Gasteiger partial charge >= 0.3 is 0 Å². The second-order valence-electron chi connectivity index (χ2n) is 9.35. The molecule has 2 aromatic carbocycles. The average molecular weight is 511 g/mol. The van der Waals surface area contributed by atoms with Gasteiger partial charge in [0.1, 0.15) is 23.6 Å². The zero-order valence-corrected chi connectivity index (χ0v) is 21.8. The van der Waals surface area contributed by atoms with Crippen LogP contribution in [0.5, 0.6) is 5.75 Å². The van der Waals surface area contributed by atoms with E-state index in [1.807, 2.05) is 13.8 Å². The number of aliphatic imine (C=N–C) groups is 1. The minimum Gasteiger partial charge on any atom is -0.491 e. The van der Waals surface area contributed by atoms with Crippen molar-refractivity contribution in [3.63, 3.8) is 0 Å². The van der Waals surface area contributed by atoms with Gasteiger partial charge in [0, 0.05) is 49.1 Å². The van der Waals surface area contributed by atoms with Crippen LogP contribution in [0.25, 0.3) is 5.70 Å². The number of halogens is 1. The molecule has 1 fully saturated rings. The Labute approximate surface area is 217 Å². The summed E-state index contributed by atoms with van der Waals surface area (Å²) in [5, 5.41) is 8.79. The zero-order valence-electron chi connectivity index (χ0n) is 21.8. The van der Waals surface area contributed by atoms with Gasteiger partial charge in [-0.3, -0.25) is 14.6 Å². The fraction of sp³-hybridized carbons (Fsp3) is 0.393. The van der Waals surface area contributed by atoms with Gasteiger partial charge in [0.25, 0.3) is 0 Å². The monoisotopic (exact) mass is 510 g/mol. The summed E-state index contributed by atoms with van der Waals surface area (Å²) in [5.41, 5.74) is 1.12. The van der Waals surface area contributed by atoms with Crippen molar-refractivity contribution in [2.45, 2.75) is 33.6 Å². The Bertz CT molecular complexity index is 1160. The van der Waals surface area contributed by atoms with Crippen molar-refractivity contribution >= 4 is 40.8 Å². The Morgan fingerprint density at radius 3 is 2.32 bits per heavy atom. The molecule has 0 atom stereocenters. The van der Waals surface area contributed by atoms with Gasteiger partial charge in [-0.05, 0) is 49.9 Å². The van der Waals surface area contributed by atoms with E-state index in [9.17, 15) is 9.59 Å². The molecule has 1 aliphatic carbocycles. The van der Waals surface area contributed by atoms with Gasteiger partial charge in [-0.15, -0.1) is 0 Å². The van der Waals surface area contributed by atoms with E-state index in [1.54, 1.807) is 50.6 Å². The fourth-order valence-corrected chi connectivity index (χ4v) is 3.71. The van der Waals surface area contributed by atoms with Crippen LogP contribution < -0.4 is 20.7 Å². The smallest absolute Gasteiger partial charge is 0.240 e. The molecule has 1 saturated carbocycles. The van der Waals surface area contributed by atoms with E-state index in [2.05, 4.69) is 27.5 Å². The number of carbonyl (C=O) groups excluding carboxylic acids is 2. The predicted molar refractivity (Wildman–Crippen MR) is 145 cm³/mol. The van der Waals surface area contributed by atoms with Gasteiger partial charge in [-0.2, -0.15) is 0 Å². The third-order valence-corrected chi connectivity index (χ3v) is 5.90. The lowest BCUT2D eigenvalue weighted by Gasteiger charge is -2.17. The second kappa shape index (κ2) is 12.5. The highest BCUT2D eigenvalue weighted by Gasteiger charge is 2.56. The molecule has 3 rings (SSSR count).